The van der Waals surface area contributed by atoms with Gasteiger partial charge < -0.3 is 15.5 Å². The number of rotatable bonds is 4. The number of carbonyl (C=O) groups excluding carboxylic acids is 3. The number of thioether (sulfide) groups is 1. The van der Waals surface area contributed by atoms with Crippen LogP contribution in [0.25, 0.3) is 6.08 Å². The lowest BCUT2D eigenvalue weighted by Gasteiger charge is -2.27. The Morgan fingerprint density at radius 2 is 1.85 bits per heavy atom. The highest BCUT2D eigenvalue weighted by Gasteiger charge is 2.34. The van der Waals surface area contributed by atoms with Crippen molar-refractivity contribution in [3.8, 4) is 0 Å². The van der Waals surface area contributed by atoms with E-state index in [-0.39, 0.29) is 23.3 Å². The Labute approximate surface area is 158 Å². The van der Waals surface area contributed by atoms with Crippen LogP contribution < -0.4 is 10.6 Å². The maximum atomic E-state index is 12.5. The Bertz CT molecular complexity index is 708. The monoisotopic (exact) mass is 375 g/mol. The molecule has 3 amide bonds. The molecule has 140 valence electrons. The average Bonchev–Trinajstić information content (AvgIpc) is 3.08. The Kier molecular flexibility index (Phi) is 6.47. The molecule has 26 heavy (non-hydrogen) atoms. The van der Waals surface area contributed by atoms with Gasteiger partial charge in [0.15, 0.2) is 0 Å². The molecule has 1 saturated heterocycles. The summed E-state index contributed by atoms with van der Waals surface area (Å²) in [6, 6.07) is 6.50. The van der Waals surface area contributed by atoms with E-state index in [2.05, 4.69) is 10.6 Å². The number of hydrogen-bond donors (Lipinski definition) is 2. The van der Waals surface area contributed by atoms with Gasteiger partial charge in [0, 0.05) is 30.0 Å². The second-order valence-corrected chi connectivity index (χ2v) is 8.10. The first-order valence-electron chi connectivity index (χ1n) is 8.42. The first kappa shape index (κ1) is 20.0. The molecular weight excluding hydrogens is 350 g/mol. The summed E-state index contributed by atoms with van der Waals surface area (Å²) in [5.41, 5.74) is 1.04. The zero-order valence-corrected chi connectivity index (χ0v) is 16.4. The summed E-state index contributed by atoms with van der Waals surface area (Å²) in [7, 11) is 1.58. The molecule has 0 spiro atoms. The summed E-state index contributed by atoms with van der Waals surface area (Å²) in [6.07, 6.45) is 3.16. The minimum atomic E-state index is -0.452. The van der Waals surface area contributed by atoms with Gasteiger partial charge in [0.25, 0.3) is 5.91 Å². The summed E-state index contributed by atoms with van der Waals surface area (Å²) >= 11 is 1.57. The van der Waals surface area contributed by atoms with Gasteiger partial charge in [0.05, 0.1) is 5.88 Å². The predicted octanol–water partition coefficient (Wildman–Crippen LogP) is 1.88. The predicted molar refractivity (Wildman–Crippen MR) is 105 cm³/mol. The third kappa shape index (κ3) is 5.36. The van der Waals surface area contributed by atoms with Crippen molar-refractivity contribution in [3.05, 3.63) is 41.5 Å². The highest BCUT2D eigenvalue weighted by Crippen LogP contribution is 2.22. The maximum Gasteiger partial charge on any atom is 0.251 e. The normalized spacial score (nSPS) is 17.4. The van der Waals surface area contributed by atoms with E-state index < -0.39 is 6.04 Å². The number of carbonyl (C=O) groups is 3. The number of nitrogens with one attached hydrogen (secondary N) is 2. The molecule has 2 rings (SSSR count). The van der Waals surface area contributed by atoms with E-state index in [1.807, 2.05) is 20.8 Å². The molecule has 1 aliphatic rings. The molecule has 1 heterocycles. The van der Waals surface area contributed by atoms with Crippen molar-refractivity contribution >= 4 is 35.6 Å². The third-order valence-corrected chi connectivity index (χ3v) is 4.80. The van der Waals surface area contributed by atoms with E-state index in [9.17, 15) is 14.4 Å². The van der Waals surface area contributed by atoms with Crippen LogP contribution in [0.4, 0.5) is 0 Å². The zero-order valence-electron chi connectivity index (χ0n) is 15.5. The fourth-order valence-corrected chi connectivity index (χ4v) is 3.65. The van der Waals surface area contributed by atoms with Crippen LogP contribution in [-0.2, 0) is 9.59 Å². The molecule has 1 atom stereocenters. The third-order valence-electron chi connectivity index (χ3n) is 3.78. The minimum Gasteiger partial charge on any atom is -0.355 e. The molecule has 1 fully saturated rings. The van der Waals surface area contributed by atoms with E-state index in [1.165, 1.54) is 6.08 Å². The van der Waals surface area contributed by atoms with Crippen LogP contribution in [0.5, 0.6) is 0 Å². The van der Waals surface area contributed by atoms with Crippen LogP contribution in [0.3, 0.4) is 0 Å². The van der Waals surface area contributed by atoms with Crippen LogP contribution in [0, 0.1) is 0 Å². The summed E-state index contributed by atoms with van der Waals surface area (Å²) in [6.45, 7) is 5.75. The van der Waals surface area contributed by atoms with E-state index in [4.69, 9.17) is 0 Å². The van der Waals surface area contributed by atoms with E-state index in [1.54, 1.807) is 54.1 Å². The first-order valence-corrected chi connectivity index (χ1v) is 9.57. The highest BCUT2D eigenvalue weighted by molar-refractivity contribution is 7.99. The van der Waals surface area contributed by atoms with E-state index >= 15 is 0 Å². The van der Waals surface area contributed by atoms with E-state index in [0.717, 1.165) is 5.56 Å². The molecule has 0 saturated carbocycles. The van der Waals surface area contributed by atoms with Crippen molar-refractivity contribution in [1.82, 2.24) is 15.5 Å². The summed E-state index contributed by atoms with van der Waals surface area (Å²) in [5.74, 6) is 0.626. The smallest absolute Gasteiger partial charge is 0.251 e. The number of amides is 3. The van der Waals surface area contributed by atoms with Gasteiger partial charge in [-0.1, -0.05) is 12.1 Å². The van der Waals surface area contributed by atoms with Crippen LogP contribution in [0.1, 0.15) is 36.7 Å². The lowest BCUT2D eigenvalue weighted by atomic mass is 10.1. The van der Waals surface area contributed by atoms with Crippen LogP contribution in [-0.4, -0.2) is 52.9 Å². The van der Waals surface area contributed by atoms with Gasteiger partial charge in [0.2, 0.25) is 11.8 Å². The molecule has 1 aliphatic heterocycles. The van der Waals surface area contributed by atoms with Crippen LogP contribution >= 0.6 is 11.8 Å². The van der Waals surface area contributed by atoms with Crippen molar-refractivity contribution in [1.29, 1.82) is 0 Å². The van der Waals surface area contributed by atoms with Gasteiger partial charge in [0.1, 0.15) is 6.04 Å². The highest BCUT2D eigenvalue weighted by atomic mass is 32.2. The largest absolute Gasteiger partial charge is 0.355 e. The Morgan fingerprint density at radius 3 is 2.42 bits per heavy atom. The SMILES string of the molecule is CNC(=O)c1ccc(/C=C/C(=O)N2CSCC2C(=O)NC(C)(C)C)cc1. The topological polar surface area (TPSA) is 78.5 Å². The molecule has 0 aromatic heterocycles. The Morgan fingerprint density at radius 1 is 1.19 bits per heavy atom. The second-order valence-electron chi connectivity index (χ2n) is 7.10. The fraction of sp³-hybridized carbons (Fsp3) is 0.421. The van der Waals surface area contributed by atoms with Crippen molar-refractivity contribution in [2.24, 2.45) is 0 Å². The molecule has 1 aromatic rings. The Hall–Kier alpha value is -2.28. The fourth-order valence-electron chi connectivity index (χ4n) is 2.48. The van der Waals surface area contributed by atoms with Crippen molar-refractivity contribution < 1.29 is 14.4 Å². The van der Waals surface area contributed by atoms with Gasteiger partial charge in [-0.3, -0.25) is 14.4 Å². The molecule has 1 unspecified atom stereocenters. The second kappa shape index (κ2) is 8.40. The van der Waals surface area contributed by atoms with Gasteiger partial charge in [-0.15, -0.1) is 11.8 Å². The maximum absolute atomic E-state index is 12.5. The summed E-state index contributed by atoms with van der Waals surface area (Å²) in [4.78, 5) is 38.0. The number of benzene rings is 1. The molecular formula is C19H25N3O3S. The van der Waals surface area contributed by atoms with Crippen molar-refractivity contribution in [2.45, 2.75) is 32.4 Å². The summed E-state index contributed by atoms with van der Waals surface area (Å²) < 4.78 is 0. The molecule has 6 nitrogen and oxygen atoms in total. The lowest BCUT2D eigenvalue weighted by molar-refractivity contribution is -0.135. The van der Waals surface area contributed by atoms with Crippen LogP contribution in [0.15, 0.2) is 30.3 Å². The molecule has 0 aliphatic carbocycles. The molecule has 2 N–H and O–H groups in total. The Balaban J connectivity index is 2.02. The van der Waals surface area contributed by atoms with Gasteiger partial charge in [-0.2, -0.15) is 0 Å². The van der Waals surface area contributed by atoms with Crippen molar-refractivity contribution in [3.63, 3.8) is 0 Å². The van der Waals surface area contributed by atoms with E-state index in [0.29, 0.717) is 17.2 Å². The standard InChI is InChI=1S/C19H25N3O3S/c1-19(2,3)21-18(25)15-11-26-12-22(15)16(23)10-7-13-5-8-14(9-6-13)17(24)20-4/h5-10,15H,11-12H2,1-4H3,(H,20,24)(H,21,25)/b10-7+. The van der Waals surface area contributed by atoms with Crippen molar-refractivity contribution in [2.75, 3.05) is 18.7 Å². The van der Waals surface area contributed by atoms with Crippen LogP contribution in [0.2, 0.25) is 0 Å². The first-order chi connectivity index (χ1) is 12.2. The van der Waals surface area contributed by atoms with Gasteiger partial charge >= 0.3 is 0 Å². The molecule has 1 aromatic carbocycles. The average molecular weight is 375 g/mol. The molecule has 0 radical (unpaired) electrons. The van der Waals surface area contributed by atoms with Gasteiger partial charge in [-0.05, 0) is 44.5 Å². The zero-order chi connectivity index (χ0) is 19.3. The minimum absolute atomic E-state index is 0.126. The number of hydrogen-bond acceptors (Lipinski definition) is 4. The molecule has 0 bridgehead atoms. The molecule has 7 heteroatoms. The summed E-state index contributed by atoms with van der Waals surface area (Å²) in [5, 5.41) is 5.50. The quantitative estimate of drug-likeness (QED) is 0.788. The van der Waals surface area contributed by atoms with Gasteiger partial charge in [-0.25, -0.2) is 0 Å². The number of nitrogens with zero attached hydrogens (tertiary/aromatic N) is 1. The lowest BCUT2D eigenvalue weighted by Crippen LogP contribution is -2.52.